The lowest BCUT2D eigenvalue weighted by Crippen LogP contribution is -2.48. The molecule has 2 fully saturated rings. The first-order valence-corrected chi connectivity index (χ1v) is 12.0. The van der Waals surface area contributed by atoms with Gasteiger partial charge in [0, 0.05) is 26.1 Å². The monoisotopic (exact) mass is 545 g/mol. The summed E-state index contributed by atoms with van der Waals surface area (Å²) >= 11 is 0. The van der Waals surface area contributed by atoms with E-state index in [1.165, 1.54) is 4.68 Å². The minimum atomic E-state index is -4.99. The van der Waals surface area contributed by atoms with Crippen LogP contribution in [0.2, 0.25) is 0 Å². The maximum atomic E-state index is 13.3. The third-order valence-corrected chi connectivity index (χ3v) is 6.77. The number of ether oxygens (including phenoxy) is 1. The van der Waals surface area contributed by atoms with Crippen molar-refractivity contribution in [2.75, 3.05) is 23.3 Å². The number of fused-ring (bicyclic) bond motifs is 2. The van der Waals surface area contributed by atoms with E-state index in [1.807, 2.05) is 4.90 Å². The Morgan fingerprint density at radius 1 is 0.974 bits per heavy atom. The van der Waals surface area contributed by atoms with Gasteiger partial charge in [0.1, 0.15) is 5.75 Å². The number of halogens is 6. The van der Waals surface area contributed by atoms with Crippen LogP contribution in [-0.4, -0.2) is 44.1 Å². The van der Waals surface area contributed by atoms with Crippen molar-refractivity contribution < 1.29 is 35.5 Å². The van der Waals surface area contributed by atoms with Crippen molar-refractivity contribution >= 4 is 12.0 Å². The van der Waals surface area contributed by atoms with Crippen LogP contribution in [0.5, 0.6) is 11.8 Å². The summed E-state index contributed by atoms with van der Waals surface area (Å²) in [7, 11) is 0. The van der Waals surface area contributed by atoms with Gasteiger partial charge in [-0.3, -0.25) is 0 Å². The second kappa shape index (κ2) is 9.34. The standard InChI is InChI=1S/C23H25F6N7O2/c1-11(2)36-20(38-17-7-15(22(24,25)26)6-16(8-17)23(27,28)29)31-19(34-36)30-18-13-4-5-14(18)10-35(9-13)21-33-32-12(3)37-21/h6-8,11,13-14,18H,4-5,9-10H2,1-3H3,(H,30,34)/t13-,14+,18+. The van der Waals surface area contributed by atoms with E-state index in [9.17, 15) is 26.3 Å². The van der Waals surface area contributed by atoms with E-state index in [4.69, 9.17) is 9.15 Å². The lowest BCUT2D eigenvalue weighted by molar-refractivity contribution is -0.143. The average Bonchev–Trinajstić information content (AvgIpc) is 3.48. The molecular formula is C23H25F6N7O2. The average molecular weight is 545 g/mol. The molecule has 1 aliphatic carbocycles. The molecule has 1 saturated heterocycles. The van der Waals surface area contributed by atoms with Crippen LogP contribution >= 0.6 is 0 Å². The van der Waals surface area contributed by atoms with Gasteiger partial charge in [-0.25, -0.2) is 4.68 Å². The van der Waals surface area contributed by atoms with Gasteiger partial charge in [0.05, 0.1) is 17.2 Å². The summed E-state index contributed by atoms with van der Waals surface area (Å²) in [4.78, 5) is 6.33. The van der Waals surface area contributed by atoms with E-state index in [-0.39, 0.29) is 41.9 Å². The summed E-state index contributed by atoms with van der Waals surface area (Å²) in [5, 5.41) is 15.7. The normalized spacial score (nSPS) is 21.8. The summed E-state index contributed by atoms with van der Waals surface area (Å²) in [5.74, 6) is 0.451. The first-order valence-electron chi connectivity index (χ1n) is 12.0. The molecule has 1 N–H and O–H groups in total. The molecule has 1 saturated carbocycles. The lowest BCUT2D eigenvalue weighted by atomic mass is 9.92. The van der Waals surface area contributed by atoms with Crippen LogP contribution in [0.15, 0.2) is 22.6 Å². The topological polar surface area (TPSA) is 94.1 Å². The predicted molar refractivity (Wildman–Crippen MR) is 122 cm³/mol. The van der Waals surface area contributed by atoms with Crippen molar-refractivity contribution in [1.82, 2.24) is 25.0 Å². The Labute approximate surface area is 213 Å². The van der Waals surface area contributed by atoms with Gasteiger partial charge in [-0.1, -0.05) is 5.10 Å². The Morgan fingerprint density at radius 3 is 2.08 bits per heavy atom. The van der Waals surface area contributed by atoms with E-state index < -0.39 is 29.2 Å². The van der Waals surface area contributed by atoms with Crippen LogP contribution < -0.4 is 15.0 Å². The highest BCUT2D eigenvalue weighted by molar-refractivity contribution is 5.40. The SMILES string of the molecule is Cc1nnc(N2C[C@H]3CC[C@@H](C2)[C@H]3Nc2nc(Oc3cc(C(F)(F)F)cc(C(F)(F)F)c3)n(C(C)C)n2)o1. The number of hydrogen-bond donors (Lipinski definition) is 1. The summed E-state index contributed by atoms with van der Waals surface area (Å²) in [6, 6.07) is 0.992. The summed E-state index contributed by atoms with van der Waals surface area (Å²) in [5.41, 5.74) is -2.95. The maximum Gasteiger partial charge on any atom is 0.416 e. The van der Waals surface area contributed by atoms with Crippen LogP contribution in [0.25, 0.3) is 0 Å². The van der Waals surface area contributed by atoms with Crippen molar-refractivity contribution in [3.63, 3.8) is 0 Å². The number of piperidine rings is 1. The van der Waals surface area contributed by atoms with Crippen molar-refractivity contribution in [1.29, 1.82) is 0 Å². The fourth-order valence-corrected chi connectivity index (χ4v) is 5.04. The third-order valence-electron chi connectivity index (χ3n) is 6.77. The zero-order valence-corrected chi connectivity index (χ0v) is 20.6. The molecule has 1 aliphatic heterocycles. The zero-order chi connectivity index (χ0) is 27.4. The molecule has 5 rings (SSSR count). The van der Waals surface area contributed by atoms with E-state index in [0.29, 0.717) is 37.1 Å². The van der Waals surface area contributed by atoms with Crippen molar-refractivity contribution in [2.24, 2.45) is 11.8 Å². The van der Waals surface area contributed by atoms with Gasteiger partial charge in [0.15, 0.2) is 0 Å². The minimum Gasteiger partial charge on any atom is -0.424 e. The van der Waals surface area contributed by atoms with Crippen LogP contribution in [0.3, 0.4) is 0 Å². The minimum absolute atomic E-state index is 0.0107. The van der Waals surface area contributed by atoms with Gasteiger partial charge in [0.25, 0.3) is 0 Å². The number of nitrogens with zero attached hydrogens (tertiary/aromatic N) is 6. The number of aryl methyl sites for hydroxylation is 1. The van der Waals surface area contributed by atoms with Gasteiger partial charge in [-0.05, 0) is 56.7 Å². The summed E-state index contributed by atoms with van der Waals surface area (Å²) in [6.45, 7) is 6.56. The molecule has 9 nitrogen and oxygen atoms in total. The van der Waals surface area contributed by atoms with E-state index in [1.54, 1.807) is 20.8 Å². The van der Waals surface area contributed by atoms with Crippen molar-refractivity contribution in [3.05, 3.63) is 35.2 Å². The molecule has 2 aromatic heterocycles. The van der Waals surface area contributed by atoms with Gasteiger partial charge in [-0.2, -0.15) is 31.3 Å². The molecule has 206 valence electrons. The molecule has 2 aliphatic rings. The largest absolute Gasteiger partial charge is 0.424 e. The molecule has 38 heavy (non-hydrogen) atoms. The fraction of sp³-hybridized carbons (Fsp3) is 0.565. The first kappa shape index (κ1) is 26.1. The van der Waals surface area contributed by atoms with Crippen LogP contribution in [0.1, 0.15) is 49.7 Å². The Kier molecular flexibility index (Phi) is 6.42. The molecule has 2 bridgehead atoms. The highest BCUT2D eigenvalue weighted by atomic mass is 19.4. The third kappa shape index (κ3) is 5.23. The fourth-order valence-electron chi connectivity index (χ4n) is 5.04. The molecule has 3 aromatic rings. The summed E-state index contributed by atoms with van der Waals surface area (Å²) in [6.07, 6.45) is -8.09. The number of anilines is 2. The second-order valence-corrected chi connectivity index (χ2v) is 9.88. The van der Waals surface area contributed by atoms with Crippen LogP contribution in [0.4, 0.5) is 38.3 Å². The van der Waals surface area contributed by atoms with E-state index in [0.717, 1.165) is 12.8 Å². The molecule has 0 amide bonds. The Bertz CT molecular complexity index is 1260. The molecule has 0 radical (unpaired) electrons. The quantitative estimate of drug-likeness (QED) is 0.394. The maximum absolute atomic E-state index is 13.3. The number of hydrogen-bond acceptors (Lipinski definition) is 8. The molecule has 0 unspecified atom stereocenters. The predicted octanol–water partition coefficient (Wildman–Crippen LogP) is 5.71. The van der Waals surface area contributed by atoms with E-state index >= 15 is 0 Å². The Balaban J connectivity index is 1.38. The van der Waals surface area contributed by atoms with Crippen LogP contribution in [0, 0.1) is 18.8 Å². The Morgan fingerprint density at radius 2 is 1.58 bits per heavy atom. The molecule has 3 heterocycles. The first-order chi connectivity index (χ1) is 17.8. The van der Waals surface area contributed by atoms with Crippen LogP contribution in [-0.2, 0) is 12.4 Å². The molecule has 3 atom stereocenters. The van der Waals surface area contributed by atoms with Crippen molar-refractivity contribution in [2.45, 2.75) is 58.0 Å². The van der Waals surface area contributed by atoms with Gasteiger partial charge >= 0.3 is 24.4 Å². The van der Waals surface area contributed by atoms with Gasteiger partial charge < -0.3 is 19.4 Å². The number of benzene rings is 1. The highest BCUT2D eigenvalue weighted by Crippen LogP contribution is 2.41. The number of alkyl halides is 6. The molecule has 15 heteroatoms. The number of rotatable bonds is 6. The summed E-state index contributed by atoms with van der Waals surface area (Å²) < 4.78 is 92.0. The second-order valence-electron chi connectivity index (χ2n) is 9.88. The number of aromatic nitrogens is 5. The molecular weight excluding hydrogens is 520 g/mol. The smallest absolute Gasteiger partial charge is 0.416 e. The lowest BCUT2D eigenvalue weighted by Gasteiger charge is -2.37. The van der Waals surface area contributed by atoms with Gasteiger partial charge in [0.2, 0.25) is 11.8 Å². The van der Waals surface area contributed by atoms with E-state index in [2.05, 4.69) is 25.6 Å². The van der Waals surface area contributed by atoms with Crippen molar-refractivity contribution in [3.8, 4) is 11.8 Å². The Hall–Kier alpha value is -3.52. The molecule has 0 spiro atoms. The number of nitrogens with one attached hydrogen (secondary N) is 1. The zero-order valence-electron chi connectivity index (χ0n) is 20.6. The highest BCUT2D eigenvalue weighted by Gasteiger charge is 2.44. The van der Waals surface area contributed by atoms with Gasteiger partial charge in [-0.15, -0.1) is 10.2 Å². The molecule has 1 aromatic carbocycles.